The van der Waals surface area contributed by atoms with E-state index in [1.54, 1.807) is 12.3 Å². The molecule has 0 saturated heterocycles. The van der Waals surface area contributed by atoms with Crippen LogP contribution in [-0.4, -0.2) is 22.5 Å². The minimum absolute atomic E-state index is 0.183. The predicted octanol–water partition coefficient (Wildman–Crippen LogP) is 5.61. The number of nitrogens with zero attached hydrogens (tertiary/aromatic N) is 2. The molecule has 0 aliphatic carbocycles. The van der Waals surface area contributed by atoms with Crippen molar-refractivity contribution in [3.63, 3.8) is 0 Å². The van der Waals surface area contributed by atoms with Crippen LogP contribution in [0.3, 0.4) is 0 Å². The van der Waals surface area contributed by atoms with Crippen molar-refractivity contribution in [2.75, 3.05) is 11.9 Å². The summed E-state index contributed by atoms with van der Waals surface area (Å²) in [5.74, 6) is 1.61. The summed E-state index contributed by atoms with van der Waals surface area (Å²) < 4.78 is 11.2. The highest BCUT2D eigenvalue weighted by Gasteiger charge is 2.21. The molecule has 1 aromatic carbocycles. The lowest BCUT2D eigenvalue weighted by atomic mass is 10.1. The van der Waals surface area contributed by atoms with Crippen molar-refractivity contribution in [2.24, 2.45) is 0 Å². The number of para-hydroxylation sites is 2. The first-order valence-electron chi connectivity index (χ1n) is 9.43. The van der Waals surface area contributed by atoms with E-state index in [9.17, 15) is 4.79 Å². The summed E-state index contributed by atoms with van der Waals surface area (Å²) in [7, 11) is 0. The summed E-state index contributed by atoms with van der Waals surface area (Å²) in [6.07, 6.45) is 2.49. The quantitative estimate of drug-likeness (QED) is 0.449. The molecule has 0 aliphatic rings. The van der Waals surface area contributed by atoms with E-state index in [0.29, 0.717) is 34.5 Å². The molecule has 6 nitrogen and oxygen atoms in total. The molecule has 0 radical (unpaired) electrons. The van der Waals surface area contributed by atoms with Gasteiger partial charge in [-0.15, -0.1) is 11.3 Å². The maximum absolute atomic E-state index is 13.0. The first kappa shape index (κ1) is 19.1. The zero-order chi connectivity index (χ0) is 20.4. The minimum atomic E-state index is -0.183. The fourth-order valence-electron chi connectivity index (χ4n) is 3.16. The highest BCUT2D eigenvalue weighted by atomic mass is 32.1. The topological polar surface area (TPSA) is 77.2 Å². The average molecular weight is 407 g/mol. The monoisotopic (exact) mass is 407 g/mol. The van der Waals surface area contributed by atoms with E-state index >= 15 is 0 Å². The predicted molar refractivity (Wildman–Crippen MR) is 115 cm³/mol. The van der Waals surface area contributed by atoms with E-state index in [0.717, 1.165) is 27.9 Å². The lowest BCUT2D eigenvalue weighted by Gasteiger charge is -2.11. The number of carbonyl (C=O) groups excluding carboxylic acids is 1. The number of rotatable bonds is 6. The number of thiophene rings is 1. The molecule has 0 spiro atoms. The Balaban J connectivity index is 1.68. The summed E-state index contributed by atoms with van der Waals surface area (Å²) in [4.78, 5) is 23.6. The van der Waals surface area contributed by atoms with Crippen LogP contribution in [0.4, 0.5) is 5.69 Å². The van der Waals surface area contributed by atoms with Crippen LogP contribution in [0.5, 0.6) is 5.75 Å². The van der Waals surface area contributed by atoms with Gasteiger partial charge in [-0.3, -0.25) is 4.79 Å². The summed E-state index contributed by atoms with van der Waals surface area (Å²) in [6.45, 7) is 6.49. The molecule has 7 heteroatoms. The second-order valence-corrected chi connectivity index (χ2v) is 7.64. The molecular weight excluding hydrogens is 386 g/mol. The third-order valence-corrected chi connectivity index (χ3v) is 5.70. The van der Waals surface area contributed by atoms with Gasteiger partial charge in [0.2, 0.25) is 0 Å². The SMILES string of the molecule is CCCOc1ccccc1NC(=O)c1sc2nc(-c3ccco3)nc(C)c2c1C. The molecule has 1 amide bonds. The van der Waals surface area contributed by atoms with Crippen LogP contribution in [0.2, 0.25) is 0 Å². The van der Waals surface area contributed by atoms with E-state index in [1.165, 1.54) is 11.3 Å². The number of fused-ring (bicyclic) bond motifs is 1. The van der Waals surface area contributed by atoms with Crippen molar-refractivity contribution in [3.8, 4) is 17.3 Å². The van der Waals surface area contributed by atoms with Gasteiger partial charge in [-0.25, -0.2) is 9.97 Å². The summed E-state index contributed by atoms with van der Waals surface area (Å²) in [6, 6.07) is 11.1. The molecule has 0 atom stereocenters. The number of aryl methyl sites for hydroxylation is 2. The zero-order valence-corrected chi connectivity index (χ0v) is 17.3. The lowest BCUT2D eigenvalue weighted by Crippen LogP contribution is -2.12. The molecule has 4 rings (SSSR count). The van der Waals surface area contributed by atoms with Gasteiger partial charge < -0.3 is 14.5 Å². The van der Waals surface area contributed by atoms with Crippen molar-refractivity contribution in [1.82, 2.24) is 9.97 Å². The average Bonchev–Trinajstić information content (AvgIpc) is 3.36. The minimum Gasteiger partial charge on any atom is -0.491 e. The van der Waals surface area contributed by atoms with Gasteiger partial charge in [0.05, 0.1) is 29.1 Å². The van der Waals surface area contributed by atoms with E-state index in [2.05, 4.69) is 15.3 Å². The molecule has 0 bridgehead atoms. The zero-order valence-electron chi connectivity index (χ0n) is 16.5. The third-order valence-electron chi connectivity index (χ3n) is 4.52. The van der Waals surface area contributed by atoms with Gasteiger partial charge in [-0.2, -0.15) is 0 Å². The largest absolute Gasteiger partial charge is 0.491 e. The van der Waals surface area contributed by atoms with Gasteiger partial charge in [0.1, 0.15) is 10.6 Å². The Kier molecular flexibility index (Phi) is 5.31. The molecule has 4 aromatic rings. The summed E-state index contributed by atoms with van der Waals surface area (Å²) in [5.41, 5.74) is 2.35. The Morgan fingerprint density at radius 3 is 2.76 bits per heavy atom. The first-order valence-corrected chi connectivity index (χ1v) is 10.2. The van der Waals surface area contributed by atoms with E-state index in [-0.39, 0.29) is 5.91 Å². The second-order valence-electron chi connectivity index (χ2n) is 6.65. The maximum atomic E-state index is 13.0. The number of furan rings is 1. The lowest BCUT2D eigenvalue weighted by molar-refractivity contribution is 0.102. The van der Waals surface area contributed by atoms with Crippen LogP contribution >= 0.6 is 11.3 Å². The molecule has 3 aromatic heterocycles. The van der Waals surface area contributed by atoms with Gasteiger partial charge in [-0.05, 0) is 50.1 Å². The molecule has 1 N–H and O–H groups in total. The van der Waals surface area contributed by atoms with Crippen LogP contribution in [0.25, 0.3) is 21.8 Å². The molecule has 0 aliphatic heterocycles. The molecular formula is C22H21N3O3S. The van der Waals surface area contributed by atoms with Gasteiger partial charge in [0.25, 0.3) is 5.91 Å². The van der Waals surface area contributed by atoms with Crippen molar-refractivity contribution >= 4 is 33.1 Å². The molecule has 0 fully saturated rings. The standard InChI is InChI=1S/C22H21N3O3S/c1-4-11-27-16-9-6-5-8-15(16)24-21(26)19-13(2)18-14(3)23-20(25-22(18)29-19)17-10-7-12-28-17/h5-10,12H,4,11H2,1-3H3,(H,24,26). The van der Waals surface area contributed by atoms with Crippen LogP contribution in [-0.2, 0) is 0 Å². The Morgan fingerprint density at radius 1 is 1.17 bits per heavy atom. The Labute approximate surface area is 172 Å². The number of ether oxygens (including phenoxy) is 1. The number of anilines is 1. The Hall–Kier alpha value is -3.19. The van der Waals surface area contributed by atoms with Gasteiger partial charge in [0.15, 0.2) is 11.6 Å². The van der Waals surface area contributed by atoms with Gasteiger partial charge in [-0.1, -0.05) is 19.1 Å². The third kappa shape index (κ3) is 3.73. The number of carbonyl (C=O) groups is 1. The van der Waals surface area contributed by atoms with Crippen molar-refractivity contribution in [3.05, 3.63) is 58.8 Å². The summed E-state index contributed by atoms with van der Waals surface area (Å²) in [5, 5.41) is 3.89. The van der Waals surface area contributed by atoms with Crippen molar-refractivity contribution < 1.29 is 13.9 Å². The van der Waals surface area contributed by atoms with E-state index < -0.39 is 0 Å². The highest BCUT2D eigenvalue weighted by molar-refractivity contribution is 7.20. The van der Waals surface area contributed by atoms with E-state index in [1.807, 2.05) is 51.1 Å². The first-order chi connectivity index (χ1) is 14.1. The molecule has 0 saturated carbocycles. The van der Waals surface area contributed by atoms with Gasteiger partial charge >= 0.3 is 0 Å². The number of nitrogens with one attached hydrogen (secondary N) is 1. The molecule has 148 valence electrons. The number of hydrogen-bond donors (Lipinski definition) is 1. The molecule has 3 heterocycles. The van der Waals surface area contributed by atoms with Gasteiger partial charge in [0, 0.05) is 5.39 Å². The number of benzene rings is 1. The molecule has 0 unspecified atom stereocenters. The Morgan fingerprint density at radius 2 is 2.00 bits per heavy atom. The van der Waals surface area contributed by atoms with Crippen molar-refractivity contribution in [2.45, 2.75) is 27.2 Å². The highest BCUT2D eigenvalue weighted by Crippen LogP contribution is 2.34. The maximum Gasteiger partial charge on any atom is 0.266 e. The van der Waals surface area contributed by atoms with Crippen molar-refractivity contribution in [1.29, 1.82) is 0 Å². The number of amides is 1. The smallest absolute Gasteiger partial charge is 0.266 e. The van der Waals surface area contributed by atoms with E-state index in [4.69, 9.17) is 9.15 Å². The van der Waals surface area contributed by atoms with Crippen LogP contribution in [0, 0.1) is 13.8 Å². The van der Waals surface area contributed by atoms with Crippen LogP contribution in [0.15, 0.2) is 47.1 Å². The Bertz CT molecular complexity index is 1170. The fraction of sp³-hybridized carbons (Fsp3) is 0.227. The second kappa shape index (κ2) is 8.05. The fourth-order valence-corrected chi connectivity index (χ4v) is 4.29. The van der Waals surface area contributed by atoms with Crippen LogP contribution < -0.4 is 10.1 Å². The number of aromatic nitrogens is 2. The summed E-state index contributed by atoms with van der Waals surface area (Å²) >= 11 is 1.35. The molecule has 29 heavy (non-hydrogen) atoms. The normalized spacial score (nSPS) is 11.0. The number of hydrogen-bond acceptors (Lipinski definition) is 6. The van der Waals surface area contributed by atoms with Crippen LogP contribution in [0.1, 0.15) is 34.3 Å².